The zero-order valence-electron chi connectivity index (χ0n) is 6.42. The lowest BCUT2D eigenvalue weighted by Crippen LogP contribution is -2.34. The summed E-state index contributed by atoms with van der Waals surface area (Å²) in [7, 11) is 0. The Kier molecular flexibility index (Phi) is 3.08. The second kappa shape index (κ2) is 4.11. The second-order valence-electron chi connectivity index (χ2n) is 2.68. The minimum atomic E-state index is -0.202. The lowest BCUT2D eigenvalue weighted by molar-refractivity contribution is -0.126. The highest BCUT2D eigenvalue weighted by Gasteiger charge is 2.13. The minimum Gasteiger partial charge on any atom is -0.339 e. The number of piperidine rings is 1. The summed E-state index contributed by atoms with van der Waals surface area (Å²) < 4.78 is 11.6. The van der Waals surface area contributed by atoms with E-state index in [-0.39, 0.29) is 5.91 Å². The first-order valence-electron chi connectivity index (χ1n) is 3.90. The SMILES string of the molecule is O=C(/C=C/F)N1CCCCC1. The Morgan fingerprint density at radius 1 is 1.27 bits per heavy atom. The maximum absolute atomic E-state index is 11.6. The molecule has 0 aromatic rings. The summed E-state index contributed by atoms with van der Waals surface area (Å²) in [5.41, 5.74) is 0. The molecule has 0 aromatic heterocycles. The van der Waals surface area contributed by atoms with Crippen LogP contribution >= 0.6 is 0 Å². The molecule has 3 heteroatoms. The van der Waals surface area contributed by atoms with Gasteiger partial charge in [0.25, 0.3) is 0 Å². The van der Waals surface area contributed by atoms with Crippen LogP contribution < -0.4 is 0 Å². The number of halogens is 1. The van der Waals surface area contributed by atoms with E-state index in [1.807, 2.05) is 0 Å². The van der Waals surface area contributed by atoms with Crippen molar-refractivity contribution in [2.75, 3.05) is 13.1 Å². The van der Waals surface area contributed by atoms with Gasteiger partial charge in [-0.1, -0.05) is 0 Å². The average Bonchev–Trinajstić information content (AvgIpc) is 2.07. The fourth-order valence-corrected chi connectivity index (χ4v) is 1.27. The van der Waals surface area contributed by atoms with Crippen molar-refractivity contribution in [3.8, 4) is 0 Å². The van der Waals surface area contributed by atoms with Gasteiger partial charge in [-0.2, -0.15) is 0 Å². The third kappa shape index (κ3) is 2.33. The topological polar surface area (TPSA) is 20.3 Å². The van der Waals surface area contributed by atoms with Crippen molar-refractivity contribution in [1.29, 1.82) is 0 Å². The average molecular weight is 157 g/mol. The summed E-state index contributed by atoms with van der Waals surface area (Å²) in [4.78, 5) is 12.7. The first-order valence-corrected chi connectivity index (χ1v) is 3.90. The second-order valence-corrected chi connectivity index (χ2v) is 2.68. The van der Waals surface area contributed by atoms with Crippen LogP contribution in [0.1, 0.15) is 19.3 Å². The van der Waals surface area contributed by atoms with Gasteiger partial charge < -0.3 is 4.90 Å². The molecule has 0 bridgehead atoms. The number of likely N-dealkylation sites (tertiary alicyclic amines) is 1. The quantitative estimate of drug-likeness (QED) is 0.528. The third-order valence-electron chi connectivity index (χ3n) is 1.87. The standard InChI is InChI=1S/C8H12FNO/c9-5-4-8(11)10-6-2-1-3-7-10/h4-5H,1-3,6-7H2/b5-4+. The number of carbonyl (C=O) groups excluding carboxylic acids is 1. The number of amides is 1. The van der Waals surface area contributed by atoms with Gasteiger partial charge in [0.2, 0.25) is 5.91 Å². The van der Waals surface area contributed by atoms with Crippen LogP contribution in [0.2, 0.25) is 0 Å². The van der Waals surface area contributed by atoms with Gasteiger partial charge in [-0.3, -0.25) is 4.79 Å². The molecule has 0 spiro atoms. The predicted octanol–water partition coefficient (Wildman–Crippen LogP) is 1.48. The van der Waals surface area contributed by atoms with E-state index in [2.05, 4.69) is 0 Å². The zero-order chi connectivity index (χ0) is 8.10. The van der Waals surface area contributed by atoms with E-state index < -0.39 is 0 Å². The number of rotatable bonds is 1. The van der Waals surface area contributed by atoms with Crippen molar-refractivity contribution in [3.05, 3.63) is 12.4 Å². The van der Waals surface area contributed by atoms with E-state index in [9.17, 15) is 9.18 Å². The molecule has 1 fully saturated rings. The molecular formula is C8H12FNO. The van der Waals surface area contributed by atoms with E-state index in [1.54, 1.807) is 4.90 Å². The molecular weight excluding hydrogens is 145 g/mol. The van der Waals surface area contributed by atoms with E-state index >= 15 is 0 Å². The molecule has 0 aliphatic carbocycles. The third-order valence-corrected chi connectivity index (χ3v) is 1.87. The molecule has 1 aliphatic rings. The van der Waals surface area contributed by atoms with Crippen molar-refractivity contribution in [2.45, 2.75) is 19.3 Å². The van der Waals surface area contributed by atoms with E-state index in [0.717, 1.165) is 32.0 Å². The lowest BCUT2D eigenvalue weighted by atomic mass is 10.1. The Morgan fingerprint density at radius 3 is 2.45 bits per heavy atom. The van der Waals surface area contributed by atoms with E-state index in [0.29, 0.717) is 6.33 Å². The van der Waals surface area contributed by atoms with Crippen LogP contribution in [0.3, 0.4) is 0 Å². The fraction of sp³-hybridized carbons (Fsp3) is 0.625. The molecule has 2 nitrogen and oxygen atoms in total. The Hall–Kier alpha value is -0.860. The molecule has 0 aromatic carbocycles. The number of hydrogen-bond donors (Lipinski definition) is 0. The highest BCUT2D eigenvalue weighted by Crippen LogP contribution is 2.08. The summed E-state index contributed by atoms with van der Waals surface area (Å²) in [5, 5.41) is 0. The summed E-state index contributed by atoms with van der Waals surface area (Å²) in [5.74, 6) is -0.202. The zero-order valence-corrected chi connectivity index (χ0v) is 6.42. The van der Waals surface area contributed by atoms with Crippen molar-refractivity contribution in [2.24, 2.45) is 0 Å². The summed E-state index contributed by atoms with van der Waals surface area (Å²) >= 11 is 0. The highest BCUT2D eigenvalue weighted by atomic mass is 19.1. The van der Waals surface area contributed by atoms with Crippen LogP contribution in [0, 0.1) is 0 Å². The van der Waals surface area contributed by atoms with Gasteiger partial charge in [0, 0.05) is 19.2 Å². The fourth-order valence-electron chi connectivity index (χ4n) is 1.27. The molecule has 11 heavy (non-hydrogen) atoms. The minimum absolute atomic E-state index is 0.202. The van der Waals surface area contributed by atoms with Crippen LogP contribution in [-0.2, 0) is 4.79 Å². The van der Waals surface area contributed by atoms with Gasteiger partial charge >= 0.3 is 0 Å². The van der Waals surface area contributed by atoms with Gasteiger partial charge in [0.15, 0.2) is 0 Å². The molecule has 0 N–H and O–H groups in total. The van der Waals surface area contributed by atoms with Gasteiger partial charge in [-0.15, -0.1) is 0 Å². The number of carbonyl (C=O) groups is 1. The first kappa shape index (κ1) is 8.24. The summed E-state index contributed by atoms with van der Waals surface area (Å²) in [6, 6.07) is 0. The smallest absolute Gasteiger partial charge is 0.248 e. The van der Waals surface area contributed by atoms with Gasteiger partial charge in [0.1, 0.15) is 0 Å². The van der Waals surface area contributed by atoms with E-state index in [1.165, 1.54) is 6.42 Å². The van der Waals surface area contributed by atoms with Crippen molar-refractivity contribution < 1.29 is 9.18 Å². The Balaban J connectivity index is 2.38. The Bertz CT molecular complexity index is 161. The molecule has 0 saturated carbocycles. The molecule has 1 heterocycles. The number of hydrogen-bond acceptors (Lipinski definition) is 1. The molecule has 1 amide bonds. The van der Waals surface area contributed by atoms with Gasteiger partial charge in [-0.25, -0.2) is 4.39 Å². The van der Waals surface area contributed by atoms with Crippen LogP contribution in [0.15, 0.2) is 12.4 Å². The highest BCUT2D eigenvalue weighted by molar-refractivity contribution is 5.87. The number of nitrogens with zero attached hydrogens (tertiary/aromatic N) is 1. The van der Waals surface area contributed by atoms with Crippen LogP contribution in [0.25, 0.3) is 0 Å². The van der Waals surface area contributed by atoms with E-state index in [4.69, 9.17) is 0 Å². The molecule has 62 valence electrons. The van der Waals surface area contributed by atoms with Crippen LogP contribution in [-0.4, -0.2) is 23.9 Å². The van der Waals surface area contributed by atoms with Gasteiger partial charge in [0.05, 0.1) is 6.33 Å². The van der Waals surface area contributed by atoms with Gasteiger partial charge in [-0.05, 0) is 19.3 Å². The van der Waals surface area contributed by atoms with Crippen LogP contribution in [0.4, 0.5) is 4.39 Å². The molecule has 0 atom stereocenters. The predicted molar refractivity (Wildman–Crippen MR) is 40.7 cm³/mol. The molecule has 0 radical (unpaired) electrons. The van der Waals surface area contributed by atoms with Crippen molar-refractivity contribution in [3.63, 3.8) is 0 Å². The largest absolute Gasteiger partial charge is 0.339 e. The normalized spacial score (nSPS) is 19.2. The molecule has 1 saturated heterocycles. The molecule has 0 unspecified atom stereocenters. The Morgan fingerprint density at radius 2 is 1.91 bits per heavy atom. The summed E-state index contributed by atoms with van der Waals surface area (Å²) in [6.07, 6.45) is 4.56. The molecule has 1 rings (SSSR count). The maximum atomic E-state index is 11.6. The summed E-state index contributed by atoms with van der Waals surface area (Å²) in [6.45, 7) is 1.56. The monoisotopic (exact) mass is 157 g/mol. The molecule has 1 aliphatic heterocycles. The first-order chi connectivity index (χ1) is 5.34. The van der Waals surface area contributed by atoms with Crippen molar-refractivity contribution >= 4 is 5.91 Å². The van der Waals surface area contributed by atoms with Crippen LogP contribution in [0.5, 0.6) is 0 Å². The van der Waals surface area contributed by atoms with Crippen molar-refractivity contribution in [1.82, 2.24) is 4.90 Å². The Labute approximate surface area is 65.7 Å². The maximum Gasteiger partial charge on any atom is 0.248 e. The lowest BCUT2D eigenvalue weighted by Gasteiger charge is -2.25.